The molecule has 0 unspecified atom stereocenters. The molecule has 0 saturated carbocycles. The lowest BCUT2D eigenvalue weighted by molar-refractivity contribution is 0.816. The zero-order chi connectivity index (χ0) is 13.8. The van der Waals surface area contributed by atoms with Crippen molar-refractivity contribution in [2.75, 3.05) is 7.05 Å². The zero-order valence-corrected chi connectivity index (χ0v) is 13.9. The summed E-state index contributed by atoms with van der Waals surface area (Å²) >= 11 is 5.46. The Morgan fingerprint density at radius 2 is 1.84 bits per heavy atom. The predicted molar refractivity (Wildman–Crippen MR) is 86.9 cm³/mol. The van der Waals surface area contributed by atoms with E-state index in [1.807, 2.05) is 7.05 Å². The fraction of sp³-hybridized carbons (Fsp3) is 0.250. The Kier molecular flexibility index (Phi) is 5.08. The van der Waals surface area contributed by atoms with Crippen molar-refractivity contribution in [2.45, 2.75) is 30.2 Å². The highest BCUT2D eigenvalue weighted by Crippen LogP contribution is 2.34. The van der Waals surface area contributed by atoms with Crippen LogP contribution in [0, 0.1) is 13.8 Å². The number of benzene rings is 2. The molecule has 0 heterocycles. The minimum Gasteiger partial charge on any atom is -0.316 e. The van der Waals surface area contributed by atoms with Crippen molar-refractivity contribution in [3.63, 3.8) is 0 Å². The van der Waals surface area contributed by atoms with E-state index in [0.29, 0.717) is 0 Å². The monoisotopic (exact) mass is 335 g/mol. The van der Waals surface area contributed by atoms with Gasteiger partial charge in [0.15, 0.2) is 0 Å². The molecule has 19 heavy (non-hydrogen) atoms. The molecule has 0 bridgehead atoms. The first-order valence-corrected chi connectivity index (χ1v) is 7.89. The summed E-state index contributed by atoms with van der Waals surface area (Å²) in [6.45, 7) is 5.20. The molecular formula is C16H18BrNS. The van der Waals surface area contributed by atoms with E-state index < -0.39 is 0 Å². The Morgan fingerprint density at radius 3 is 2.47 bits per heavy atom. The van der Waals surface area contributed by atoms with Gasteiger partial charge in [0, 0.05) is 20.8 Å². The van der Waals surface area contributed by atoms with Gasteiger partial charge in [0.2, 0.25) is 0 Å². The van der Waals surface area contributed by atoms with Crippen LogP contribution in [0.25, 0.3) is 0 Å². The van der Waals surface area contributed by atoms with Crippen molar-refractivity contribution in [3.05, 3.63) is 57.6 Å². The van der Waals surface area contributed by atoms with Gasteiger partial charge in [-0.3, -0.25) is 0 Å². The average Bonchev–Trinajstić information content (AvgIpc) is 2.37. The minimum atomic E-state index is 0.896. The van der Waals surface area contributed by atoms with Crippen LogP contribution in [0.4, 0.5) is 0 Å². The van der Waals surface area contributed by atoms with Gasteiger partial charge < -0.3 is 5.32 Å². The molecule has 0 aromatic heterocycles. The van der Waals surface area contributed by atoms with E-state index in [1.54, 1.807) is 11.8 Å². The van der Waals surface area contributed by atoms with E-state index in [4.69, 9.17) is 0 Å². The van der Waals surface area contributed by atoms with Gasteiger partial charge in [0.1, 0.15) is 0 Å². The SMILES string of the molecule is CNCc1ccc(Sc2ccc(C)c(C)c2)c(Br)c1. The largest absolute Gasteiger partial charge is 0.316 e. The van der Waals surface area contributed by atoms with Crippen LogP contribution in [-0.2, 0) is 6.54 Å². The summed E-state index contributed by atoms with van der Waals surface area (Å²) in [6, 6.07) is 13.1. The summed E-state index contributed by atoms with van der Waals surface area (Å²) in [7, 11) is 1.96. The van der Waals surface area contributed by atoms with Gasteiger partial charge in [-0.15, -0.1) is 0 Å². The van der Waals surface area contributed by atoms with Crippen molar-refractivity contribution in [3.8, 4) is 0 Å². The topological polar surface area (TPSA) is 12.0 Å². The molecule has 0 aliphatic rings. The third kappa shape index (κ3) is 3.85. The third-order valence-electron chi connectivity index (χ3n) is 3.08. The van der Waals surface area contributed by atoms with E-state index >= 15 is 0 Å². The minimum absolute atomic E-state index is 0.896. The summed E-state index contributed by atoms with van der Waals surface area (Å²) in [6.07, 6.45) is 0. The Morgan fingerprint density at radius 1 is 1.05 bits per heavy atom. The number of hydrogen-bond acceptors (Lipinski definition) is 2. The maximum Gasteiger partial charge on any atom is 0.0318 e. The molecule has 2 rings (SSSR count). The van der Waals surface area contributed by atoms with Gasteiger partial charge in [-0.05, 0) is 77.8 Å². The zero-order valence-electron chi connectivity index (χ0n) is 11.5. The summed E-state index contributed by atoms with van der Waals surface area (Å²) in [5.74, 6) is 0. The molecule has 0 radical (unpaired) electrons. The molecule has 0 spiro atoms. The van der Waals surface area contributed by atoms with Crippen LogP contribution in [0.15, 0.2) is 50.7 Å². The highest BCUT2D eigenvalue weighted by atomic mass is 79.9. The number of aryl methyl sites for hydroxylation is 2. The van der Waals surface area contributed by atoms with Crippen molar-refractivity contribution >= 4 is 27.7 Å². The van der Waals surface area contributed by atoms with Crippen molar-refractivity contribution in [1.82, 2.24) is 5.32 Å². The van der Waals surface area contributed by atoms with Gasteiger partial charge in [-0.2, -0.15) is 0 Å². The second kappa shape index (κ2) is 6.60. The first kappa shape index (κ1) is 14.6. The van der Waals surface area contributed by atoms with Gasteiger partial charge in [0.25, 0.3) is 0 Å². The Bertz CT molecular complexity index is 581. The smallest absolute Gasteiger partial charge is 0.0318 e. The highest BCUT2D eigenvalue weighted by molar-refractivity contribution is 9.10. The van der Waals surface area contributed by atoms with Gasteiger partial charge >= 0.3 is 0 Å². The lowest BCUT2D eigenvalue weighted by Crippen LogP contribution is -2.04. The molecule has 3 heteroatoms. The molecule has 0 atom stereocenters. The van der Waals surface area contributed by atoms with Crippen molar-refractivity contribution in [2.24, 2.45) is 0 Å². The number of rotatable bonds is 4. The molecule has 0 fully saturated rings. The molecule has 0 aliphatic heterocycles. The lowest BCUT2D eigenvalue weighted by Gasteiger charge is -2.08. The van der Waals surface area contributed by atoms with Crippen molar-refractivity contribution < 1.29 is 0 Å². The molecule has 1 nitrogen and oxygen atoms in total. The molecule has 0 aliphatic carbocycles. The average molecular weight is 336 g/mol. The van der Waals surface area contributed by atoms with E-state index in [-0.39, 0.29) is 0 Å². The van der Waals surface area contributed by atoms with Crippen LogP contribution in [-0.4, -0.2) is 7.05 Å². The summed E-state index contributed by atoms with van der Waals surface area (Å²) in [5.41, 5.74) is 3.97. The van der Waals surface area contributed by atoms with Gasteiger partial charge in [0.05, 0.1) is 0 Å². The fourth-order valence-electron chi connectivity index (χ4n) is 1.85. The summed E-state index contributed by atoms with van der Waals surface area (Å²) in [5, 5.41) is 3.17. The van der Waals surface area contributed by atoms with Crippen molar-refractivity contribution in [1.29, 1.82) is 0 Å². The van der Waals surface area contributed by atoms with Crippen LogP contribution in [0.1, 0.15) is 16.7 Å². The van der Waals surface area contributed by atoms with Gasteiger partial charge in [-0.25, -0.2) is 0 Å². The number of hydrogen-bond donors (Lipinski definition) is 1. The predicted octanol–water partition coefficient (Wildman–Crippen LogP) is 4.94. The highest BCUT2D eigenvalue weighted by Gasteiger charge is 2.04. The number of nitrogens with one attached hydrogen (secondary N) is 1. The molecule has 0 amide bonds. The van der Waals surface area contributed by atoms with E-state index in [0.717, 1.165) is 11.0 Å². The van der Waals surface area contributed by atoms with Crippen LogP contribution in [0.2, 0.25) is 0 Å². The van der Waals surface area contributed by atoms with E-state index in [9.17, 15) is 0 Å². The number of halogens is 1. The van der Waals surface area contributed by atoms with Crippen LogP contribution in [0.3, 0.4) is 0 Å². The lowest BCUT2D eigenvalue weighted by atomic mass is 10.1. The second-order valence-electron chi connectivity index (χ2n) is 4.64. The molecule has 100 valence electrons. The maximum atomic E-state index is 3.66. The van der Waals surface area contributed by atoms with Crippen LogP contribution in [0.5, 0.6) is 0 Å². The Balaban J connectivity index is 2.20. The van der Waals surface area contributed by atoms with Crippen LogP contribution < -0.4 is 5.32 Å². The molecule has 0 saturated heterocycles. The molecule has 2 aromatic carbocycles. The summed E-state index contributed by atoms with van der Waals surface area (Å²) in [4.78, 5) is 2.54. The first-order valence-electron chi connectivity index (χ1n) is 6.28. The van der Waals surface area contributed by atoms with Gasteiger partial charge in [-0.1, -0.05) is 23.9 Å². The Labute approximate surface area is 127 Å². The Hall–Kier alpha value is -0.770. The van der Waals surface area contributed by atoms with E-state index in [1.165, 1.54) is 26.5 Å². The second-order valence-corrected chi connectivity index (χ2v) is 6.61. The van der Waals surface area contributed by atoms with Crippen LogP contribution >= 0.6 is 27.7 Å². The van der Waals surface area contributed by atoms with E-state index in [2.05, 4.69) is 71.5 Å². The normalized spacial score (nSPS) is 10.7. The quantitative estimate of drug-likeness (QED) is 0.849. The molecule has 1 N–H and O–H groups in total. The molecular weight excluding hydrogens is 318 g/mol. The standard InChI is InChI=1S/C16H18BrNS/c1-11-4-6-14(8-12(11)2)19-16-7-5-13(10-18-3)9-15(16)17/h4-9,18H,10H2,1-3H3. The fourth-order valence-corrected chi connectivity index (χ4v) is 3.43. The summed E-state index contributed by atoms with van der Waals surface area (Å²) < 4.78 is 1.16. The maximum absolute atomic E-state index is 3.66. The third-order valence-corrected chi connectivity index (χ3v) is 5.07. The first-order chi connectivity index (χ1) is 9.10. The molecule has 2 aromatic rings.